The average molecular weight is 404 g/mol. The smallest absolute Gasteiger partial charge is 0.143 e. The van der Waals surface area contributed by atoms with E-state index in [9.17, 15) is 0 Å². The standard InChI is InChI=1S/C24H25N3OS/c1-15(2)17-9-11-18(12-10-17)19-13-29-24-22(19)23(25-14-26-24)27-20-7-5-6-8-21(20)28-16(3)4/h5-16H,1-4H3,(H,25,26,27). The summed E-state index contributed by atoms with van der Waals surface area (Å²) in [5.41, 5.74) is 4.55. The predicted molar refractivity (Wildman–Crippen MR) is 122 cm³/mol. The fourth-order valence-electron chi connectivity index (χ4n) is 3.28. The highest BCUT2D eigenvalue weighted by atomic mass is 32.1. The third-order valence-electron chi connectivity index (χ3n) is 4.76. The number of aromatic nitrogens is 2. The molecule has 4 aromatic rings. The van der Waals surface area contributed by atoms with Gasteiger partial charge in [0, 0.05) is 10.9 Å². The molecule has 0 aliphatic heterocycles. The Morgan fingerprint density at radius 1 is 0.931 bits per heavy atom. The first-order valence-corrected chi connectivity index (χ1v) is 10.8. The maximum absolute atomic E-state index is 5.96. The van der Waals surface area contributed by atoms with Crippen LogP contribution in [0.3, 0.4) is 0 Å². The van der Waals surface area contributed by atoms with E-state index in [-0.39, 0.29) is 6.10 Å². The molecule has 0 aliphatic rings. The van der Waals surface area contributed by atoms with Crippen LogP contribution in [0.25, 0.3) is 21.3 Å². The Bertz CT molecular complexity index is 1120. The Labute approximate surface area is 175 Å². The van der Waals surface area contributed by atoms with E-state index >= 15 is 0 Å². The highest BCUT2D eigenvalue weighted by molar-refractivity contribution is 7.17. The van der Waals surface area contributed by atoms with Crippen LogP contribution < -0.4 is 10.1 Å². The zero-order valence-electron chi connectivity index (χ0n) is 17.1. The summed E-state index contributed by atoms with van der Waals surface area (Å²) in [6, 6.07) is 16.7. The molecule has 0 unspecified atom stereocenters. The fraction of sp³-hybridized carbons (Fsp3) is 0.250. The van der Waals surface area contributed by atoms with Crippen LogP contribution in [0.5, 0.6) is 5.75 Å². The summed E-state index contributed by atoms with van der Waals surface area (Å²) in [6.07, 6.45) is 1.71. The van der Waals surface area contributed by atoms with Crippen molar-refractivity contribution in [1.29, 1.82) is 0 Å². The summed E-state index contributed by atoms with van der Waals surface area (Å²) < 4.78 is 5.96. The van der Waals surface area contributed by atoms with Gasteiger partial charge in [-0.05, 0) is 43.0 Å². The van der Waals surface area contributed by atoms with Crippen LogP contribution in [-0.4, -0.2) is 16.1 Å². The fourth-order valence-corrected chi connectivity index (χ4v) is 4.20. The minimum atomic E-state index is 0.0968. The van der Waals surface area contributed by atoms with Crippen molar-refractivity contribution in [3.8, 4) is 16.9 Å². The Morgan fingerprint density at radius 2 is 1.69 bits per heavy atom. The van der Waals surface area contributed by atoms with Gasteiger partial charge >= 0.3 is 0 Å². The molecule has 0 atom stereocenters. The Kier molecular flexibility index (Phi) is 5.49. The zero-order valence-corrected chi connectivity index (χ0v) is 18.0. The van der Waals surface area contributed by atoms with E-state index in [1.807, 2.05) is 38.1 Å². The lowest BCUT2D eigenvalue weighted by atomic mass is 9.99. The quantitative estimate of drug-likeness (QED) is 0.376. The number of hydrogen-bond donors (Lipinski definition) is 1. The van der Waals surface area contributed by atoms with Crippen LogP contribution in [0.15, 0.2) is 60.2 Å². The predicted octanol–water partition coefficient (Wildman–Crippen LogP) is 7.01. The number of anilines is 2. The number of nitrogens with one attached hydrogen (secondary N) is 1. The van der Waals surface area contributed by atoms with E-state index in [1.165, 1.54) is 11.1 Å². The van der Waals surface area contributed by atoms with Crippen molar-refractivity contribution in [2.75, 3.05) is 5.32 Å². The van der Waals surface area contributed by atoms with Crippen molar-refractivity contribution < 1.29 is 4.74 Å². The number of thiophene rings is 1. The molecular formula is C24H25N3OS. The van der Waals surface area contributed by atoms with Crippen LogP contribution in [-0.2, 0) is 0 Å². The van der Waals surface area contributed by atoms with Gasteiger partial charge in [-0.1, -0.05) is 50.2 Å². The van der Waals surface area contributed by atoms with Gasteiger partial charge in [-0.2, -0.15) is 0 Å². The van der Waals surface area contributed by atoms with Crippen molar-refractivity contribution in [2.24, 2.45) is 0 Å². The summed E-state index contributed by atoms with van der Waals surface area (Å²) in [7, 11) is 0. The second kappa shape index (κ2) is 8.21. The van der Waals surface area contributed by atoms with Gasteiger partial charge in [0.05, 0.1) is 17.2 Å². The van der Waals surface area contributed by atoms with Gasteiger partial charge in [0.25, 0.3) is 0 Å². The minimum absolute atomic E-state index is 0.0968. The molecule has 2 aromatic heterocycles. The maximum atomic E-state index is 5.96. The van der Waals surface area contributed by atoms with Crippen molar-refractivity contribution in [3.63, 3.8) is 0 Å². The van der Waals surface area contributed by atoms with E-state index in [0.29, 0.717) is 5.92 Å². The summed E-state index contributed by atoms with van der Waals surface area (Å²) in [5, 5.41) is 6.67. The van der Waals surface area contributed by atoms with E-state index in [2.05, 4.69) is 58.8 Å². The Hall–Kier alpha value is -2.92. The van der Waals surface area contributed by atoms with Crippen LogP contribution in [0.4, 0.5) is 11.5 Å². The number of benzene rings is 2. The molecule has 0 saturated heterocycles. The van der Waals surface area contributed by atoms with Crippen molar-refractivity contribution in [2.45, 2.75) is 39.7 Å². The second-order valence-corrected chi connectivity index (χ2v) is 8.47. The van der Waals surface area contributed by atoms with Gasteiger partial charge in [0.15, 0.2) is 0 Å². The number of rotatable bonds is 6. The van der Waals surface area contributed by atoms with Gasteiger partial charge in [-0.3, -0.25) is 0 Å². The first kappa shape index (κ1) is 19.4. The van der Waals surface area contributed by atoms with Crippen LogP contribution in [0.2, 0.25) is 0 Å². The van der Waals surface area contributed by atoms with E-state index in [4.69, 9.17) is 4.74 Å². The third-order valence-corrected chi connectivity index (χ3v) is 5.65. The second-order valence-electron chi connectivity index (χ2n) is 7.62. The van der Waals surface area contributed by atoms with Crippen LogP contribution in [0.1, 0.15) is 39.2 Å². The molecule has 0 bridgehead atoms. The highest BCUT2D eigenvalue weighted by Gasteiger charge is 2.15. The van der Waals surface area contributed by atoms with Gasteiger partial charge < -0.3 is 10.1 Å². The van der Waals surface area contributed by atoms with Crippen LogP contribution >= 0.6 is 11.3 Å². The molecule has 4 rings (SSSR count). The van der Waals surface area contributed by atoms with Gasteiger partial charge in [-0.15, -0.1) is 11.3 Å². The van der Waals surface area contributed by atoms with Crippen molar-refractivity contribution in [1.82, 2.24) is 9.97 Å². The molecule has 0 aliphatic carbocycles. The first-order valence-electron chi connectivity index (χ1n) is 9.88. The van der Waals surface area contributed by atoms with Crippen molar-refractivity contribution in [3.05, 3.63) is 65.8 Å². The summed E-state index contributed by atoms with van der Waals surface area (Å²) >= 11 is 1.64. The molecule has 148 valence electrons. The maximum Gasteiger partial charge on any atom is 0.143 e. The number of para-hydroxylation sites is 2. The van der Waals surface area contributed by atoms with E-state index in [0.717, 1.165) is 33.0 Å². The minimum Gasteiger partial charge on any atom is -0.489 e. The lowest BCUT2D eigenvalue weighted by Crippen LogP contribution is -2.07. The number of ether oxygens (including phenoxy) is 1. The lowest BCUT2D eigenvalue weighted by molar-refractivity contribution is 0.244. The molecule has 0 radical (unpaired) electrons. The molecule has 0 fully saturated rings. The van der Waals surface area contributed by atoms with Gasteiger partial charge in [0.1, 0.15) is 22.7 Å². The largest absolute Gasteiger partial charge is 0.489 e. The third kappa shape index (κ3) is 4.10. The molecular weight excluding hydrogens is 378 g/mol. The molecule has 1 N–H and O–H groups in total. The van der Waals surface area contributed by atoms with Gasteiger partial charge in [-0.25, -0.2) is 9.97 Å². The molecule has 0 amide bonds. The number of nitrogens with zero attached hydrogens (tertiary/aromatic N) is 2. The molecule has 5 heteroatoms. The average Bonchev–Trinajstić information content (AvgIpc) is 3.14. The Balaban J connectivity index is 1.76. The van der Waals surface area contributed by atoms with Gasteiger partial charge in [0.2, 0.25) is 0 Å². The van der Waals surface area contributed by atoms with Crippen LogP contribution in [0, 0.1) is 0 Å². The molecule has 29 heavy (non-hydrogen) atoms. The SMILES string of the molecule is CC(C)Oc1ccccc1Nc1ncnc2scc(-c3ccc(C(C)C)cc3)c12. The Morgan fingerprint density at radius 3 is 2.41 bits per heavy atom. The first-order chi connectivity index (χ1) is 14.0. The van der Waals surface area contributed by atoms with E-state index in [1.54, 1.807) is 17.7 Å². The number of hydrogen-bond acceptors (Lipinski definition) is 5. The molecule has 2 aromatic carbocycles. The highest BCUT2D eigenvalue weighted by Crippen LogP contribution is 2.39. The normalized spacial score (nSPS) is 11.4. The van der Waals surface area contributed by atoms with Crippen molar-refractivity contribution >= 4 is 33.1 Å². The number of fused-ring (bicyclic) bond motifs is 1. The molecule has 4 nitrogen and oxygen atoms in total. The molecule has 0 saturated carbocycles. The topological polar surface area (TPSA) is 47.0 Å². The molecule has 2 heterocycles. The monoisotopic (exact) mass is 403 g/mol. The van der Waals surface area contributed by atoms with E-state index < -0.39 is 0 Å². The summed E-state index contributed by atoms with van der Waals surface area (Å²) in [4.78, 5) is 10.0. The summed E-state index contributed by atoms with van der Waals surface area (Å²) in [6.45, 7) is 8.47. The zero-order chi connectivity index (χ0) is 20.4. The summed E-state index contributed by atoms with van der Waals surface area (Å²) in [5.74, 6) is 2.12. The lowest BCUT2D eigenvalue weighted by Gasteiger charge is -2.15. The molecule has 0 spiro atoms.